The molecule has 0 aromatic rings. The second-order valence-corrected chi connectivity index (χ2v) is 21.2. The Bertz CT molecular complexity index is 2030. The highest BCUT2D eigenvalue weighted by Crippen LogP contribution is 2.43. The first kappa shape index (κ1) is 76.8. The molecule has 0 aliphatic heterocycles. The number of allylic oxidation sites excluding steroid dienone is 28. The normalized spacial score (nSPS) is 14.5. The number of phosphoric acid groups is 1. The van der Waals surface area contributed by atoms with E-state index in [4.69, 9.17) is 23.3 Å². The van der Waals surface area contributed by atoms with E-state index in [1.165, 1.54) is 38.5 Å². The molecule has 82 heavy (non-hydrogen) atoms. The van der Waals surface area contributed by atoms with Crippen LogP contribution in [0, 0.1) is 0 Å². The number of unbranched alkanes of at least 4 members (excludes halogenated alkanes) is 10. The van der Waals surface area contributed by atoms with Gasteiger partial charge in [-0.2, -0.15) is 0 Å². The zero-order chi connectivity index (χ0) is 59.8. The van der Waals surface area contributed by atoms with Crippen LogP contribution in [0.1, 0.15) is 213 Å². The highest BCUT2D eigenvalue weighted by atomic mass is 31.2. The van der Waals surface area contributed by atoms with Gasteiger partial charge in [-0.05, 0) is 128 Å². The Labute approximate surface area is 497 Å². The number of hydrogen-bond donors (Lipinski definition) is 2. The summed E-state index contributed by atoms with van der Waals surface area (Å²) < 4.78 is 39.5. The lowest BCUT2D eigenvalue weighted by molar-refractivity contribution is -0.161. The van der Waals surface area contributed by atoms with Crippen LogP contribution in [0.25, 0.3) is 0 Å². The molecule has 0 saturated heterocycles. The van der Waals surface area contributed by atoms with Crippen LogP contribution in [0.5, 0.6) is 0 Å². The number of aliphatic hydroxyl groups excluding tert-OH is 1. The first-order chi connectivity index (χ1) is 40.2. The van der Waals surface area contributed by atoms with Crippen molar-refractivity contribution in [3.8, 4) is 0 Å². The van der Waals surface area contributed by atoms with E-state index in [-0.39, 0.29) is 25.9 Å². The lowest BCUT2D eigenvalue weighted by atomic mass is 10.1. The van der Waals surface area contributed by atoms with Crippen LogP contribution in [0.4, 0.5) is 0 Å². The van der Waals surface area contributed by atoms with Gasteiger partial charge < -0.3 is 24.2 Å². The van der Waals surface area contributed by atoms with Crippen molar-refractivity contribution in [1.82, 2.24) is 0 Å². The van der Waals surface area contributed by atoms with E-state index in [0.29, 0.717) is 32.1 Å². The summed E-state index contributed by atoms with van der Waals surface area (Å²) in [4.78, 5) is 48.7. The molecule has 0 radical (unpaired) electrons. The fourth-order valence-electron chi connectivity index (χ4n) is 7.50. The topological polar surface area (TPSA) is 155 Å². The van der Waals surface area contributed by atoms with E-state index in [2.05, 4.69) is 167 Å². The van der Waals surface area contributed by atoms with Crippen molar-refractivity contribution in [1.29, 1.82) is 0 Å². The Morgan fingerprint density at radius 1 is 0.354 bits per heavy atom. The van der Waals surface area contributed by atoms with Crippen LogP contribution in [0.3, 0.4) is 0 Å². The molecule has 3 atom stereocenters. The highest BCUT2D eigenvalue weighted by molar-refractivity contribution is 7.47. The maximum atomic E-state index is 12.9. The standard InChI is InChI=1S/C70H109O11P/c1-4-7-10-13-16-19-22-25-28-31-33-36-39-42-45-48-51-54-57-60-69(73)80-66(62-71)64-78-82(75,76)79-65-67(63-77-68(72)59-56-53-50-47-44-41-38-35-30-27-24-21-18-15-12-9-6-3)81-70(74)61-58-55-52-49-46-43-40-37-34-32-29-26-23-20-17-14-11-8-5-2/h7-8,10-11,16-21,25-30,33-34,36-37,42-43,45-46,51-52,54-55,66-67,71H,4-6,9,12-15,22-24,31-32,35,38-41,44,47-50,53,56-65H2,1-3H3,(H,75,76)/b10-7-,11-8-,19-16-,20-17-,21-18-,28-25-,29-26-,30-27-,36-33-,37-34-,45-42-,46-43-,54-51-,55-52-. The zero-order valence-corrected chi connectivity index (χ0v) is 51.8. The number of phosphoric ester groups is 1. The van der Waals surface area contributed by atoms with Gasteiger partial charge in [-0.1, -0.05) is 236 Å². The second kappa shape index (κ2) is 61.9. The van der Waals surface area contributed by atoms with E-state index in [0.717, 1.165) is 103 Å². The van der Waals surface area contributed by atoms with E-state index in [9.17, 15) is 28.9 Å². The van der Waals surface area contributed by atoms with E-state index in [1.54, 1.807) is 0 Å². The summed E-state index contributed by atoms with van der Waals surface area (Å²) in [5, 5.41) is 9.83. The molecule has 0 saturated carbocycles. The van der Waals surface area contributed by atoms with Crippen LogP contribution >= 0.6 is 7.82 Å². The zero-order valence-electron chi connectivity index (χ0n) is 50.9. The molecule has 2 N–H and O–H groups in total. The fraction of sp³-hybridized carbons (Fsp3) is 0.557. The number of carbonyl (C=O) groups is 3. The average molecular weight is 1160 g/mol. The number of aliphatic hydroxyl groups is 1. The van der Waals surface area contributed by atoms with Crippen molar-refractivity contribution in [3.05, 3.63) is 170 Å². The van der Waals surface area contributed by atoms with E-state index in [1.807, 2.05) is 24.3 Å². The van der Waals surface area contributed by atoms with Gasteiger partial charge in [-0.15, -0.1) is 0 Å². The average Bonchev–Trinajstić information content (AvgIpc) is 3.47. The quantitative estimate of drug-likeness (QED) is 0.0197. The Morgan fingerprint density at radius 2 is 0.659 bits per heavy atom. The maximum absolute atomic E-state index is 12.9. The molecule has 0 fully saturated rings. The van der Waals surface area contributed by atoms with Crippen molar-refractivity contribution in [2.75, 3.05) is 26.4 Å². The third-order valence-corrected chi connectivity index (χ3v) is 13.1. The Morgan fingerprint density at radius 3 is 1.02 bits per heavy atom. The molecule has 11 nitrogen and oxygen atoms in total. The molecule has 0 aromatic carbocycles. The van der Waals surface area contributed by atoms with Crippen LogP contribution in [-0.4, -0.2) is 66.5 Å². The summed E-state index contributed by atoms with van der Waals surface area (Å²) in [5.41, 5.74) is 0. The van der Waals surface area contributed by atoms with Gasteiger partial charge in [0.15, 0.2) is 6.10 Å². The molecular formula is C70H109O11P. The Hall–Kier alpha value is -5.16. The lowest BCUT2D eigenvalue weighted by Gasteiger charge is -2.21. The molecule has 12 heteroatoms. The molecule has 0 spiro atoms. The Balaban J connectivity index is 4.93. The van der Waals surface area contributed by atoms with Crippen molar-refractivity contribution in [2.45, 2.75) is 226 Å². The predicted octanol–water partition coefficient (Wildman–Crippen LogP) is 19.0. The molecule has 0 amide bonds. The molecule has 0 aliphatic rings. The SMILES string of the molecule is CC/C=C\C/C=C\C/C=C\C/C=C\C/C=C\C/C=C\CCC(=O)OC(CO)COP(=O)(O)OCC(COC(=O)CCCCCCCCC/C=C\C/C=C\CCCCC)OC(=O)CC/C=C\C/C=C\C/C=C\C/C=C\C/C=C\C/C=C\CC. The molecule has 0 heterocycles. The van der Waals surface area contributed by atoms with Crippen LogP contribution < -0.4 is 0 Å². The van der Waals surface area contributed by atoms with Gasteiger partial charge in [0.2, 0.25) is 0 Å². The number of hydrogen-bond acceptors (Lipinski definition) is 10. The number of carbonyl (C=O) groups excluding carboxylic acids is 3. The fourth-order valence-corrected chi connectivity index (χ4v) is 8.28. The van der Waals surface area contributed by atoms with Gasteiger partial charge in [-0.3, -0.25) is 23.4 Å². The Kier molecular flexibility index (Phi) is 58.0. The first-order valence-corrected chi connectivity index (χ1v) is 32.5. The summed E-state index contributed by atoms with van der Waals surface area (Å²) in [6.07, 6.45) is 83.3. The van der Waals surface area contributed by atoms with Crippen LogP contribution in [-0.2, 0) is 42.2 Å². The van der Waals surface area contributed by atoms with Crippen LogP contribution in [0.2, 0.25) is 0 Å². The first-order valence-electron chi connectivity index (χ1n) is 31.0. The highest BCUT2D eigenvalue weighted by Gasteiger charge is 2.28. The summed E-state index contributed by atoms with van der Waals surface area (Å²) in [6.45, 7) is 4.20. The summed E-state index contributed by atoms with van der Waals surface area (Å²) in [6, 6.07) is 0. The van der Waals surface area contributed by atoms with Gasteiger partial charge in [0, 0.05) is 19.3 Å². The largest absolute Gasteiger partial charge is 0.472 e. The molecule has 0 aliphatic carbocycles. The van der Waals surface area contributed by atoms with Crippen molar-refractivity contribution in [2.24, 2.45) is 0 Å². The lowest BCUT2D eigenvalue weighted by Crippen LogP contribution is -2.30. The third-order valence-electron chi connectivity index (χ3n) is 12.1. The molecule has 0 rings (SSSR count). The number of rotatable bonds is 55. The minimum atomic E-state index is -4.81. The van der Waals surface area contributed by atoms with Crippen molar-refractivity contribution < 1.29 is 52.2 Å². The summed E-state index contributed by atoms with van der Waals surface area (Å²) in [5.74, 6) is -1.69. The molecular weight excluding hydrogens is 1050 g/mol. The van der Waals surface area contributed by atoms with Gasteiger partial charge in [0.1, 0.15) is 12.7 Å². The molecule has 0 aromatic heterocycles. The number of esters is 3. The minimum absolute atomic E-state index is 0.0249. The summed E-state index contributed by atoms with van der Waals surface area (Å²) >= 11 is 0. The third kappa shape index (κ3) is 59.5. The summed E-state index contributed by atoms with van der Waals surface area (Å²) in [7, 11) is -4.81. The van der Waals surface area contributed by atoms with E-state index < -0.39 is 57.8 Å². The molecule has 3 unspecified atom stereocenters. The maximum Gasteiger partial charge on any atom is 0.472 e. The van der Waals surface area contributed by atoms with Gasteiger partial charge >= 0.3 is 25.7 Å². The predicted molar refractivity (Wildman–Crippen MR) is 343 cm³/mol. The minimum Gasteiger partial charge on any atom is -0.462 e. The number of ether oxygens (including phenoxy) is 3. The smallest absolute Gasteiger partial charge is 0.462 e. The van der Waals surface area contributed by atoms with E-state index >= 15 is 0 Å². The van der Waals surface area contributed by atoms with Crippen molar-refractivity contribution >= 4 is 25.7 Å². The molecule has 0 bridgehead atoms. The van der Waals surface area contributed by atoms with Gasteiger partial charge in [-0.25, -0.2) is 4.57 Å². The van der Waals surface area contributed by atoms with Crippen LogP contribution in [0.15, 0.2) is 170 Å². The van der Waals surface area contributed by atoms with Gasteiger partial charge in [0.25, 0.3) is 0 Å². The van der Waals surface area contributed by atoms with Crippen molar-refractivity contribution in [3.63, 3.8) is 0 Å². The monoisotopic (exact) mass is 1160 g/mol. The second-order valence-electron chi connectivity index (χ2n) is 19.7. The molecule has 460 valence electrons. The van der Waals surface area contributed by atoms with Gasteiger partial charge in [0.05, 0.1) is 19.8 Å².